The summed E-state index contributed by atoms with van der Waals surface area (Å²) in [5.41, 5.74) is 0.382. The number of rotatable bonds is 15. The Morgan fingerprint density at radius 3 is 1.52 bits per heavy atom. The number of benzene rings is 2. The Morgan fingerprint density at radius 2 is 1.09 bits per heavy atom. The van der Waals surface area contributed by atoms with Gasteiger partial charge in [-0.05, 0) is 58.9 Å². The highest BCUT2D eigenvalue weighted by atomic mass is 19.1. The van der Waals surface area contributed by atoms with Crippen molar-refractivity contribution in [1.29, 1.82) is 0 Å². The summed E-state index contributed by atoms with van der Waals surface area (Å²) in [6.45, 7) is 23.2. The van der Waals surface area contributed by atoms with Crippen molar-refractivity contribution < 1.29 is 33.0 Å². The number of halogens is 1. The summed E-state index contributed by atoms with van der Waals surface area (Å²) in [6.07, 6.45) is 3.41. The van der Waals surface area contributed by atoms with Crippen LogP contribution in [0.25, 0.3) is 28.0 Å². The maximum absolute atomic E-state index is 14.4. The molecule has 0 saturated carbocycles. The van der Waals surface area contributed by atoms with Crippen molar-refractivity contribution in [3.8, 4) is 22.4 Å². The Balaban J connectivity index is 1.49. The summed E-state index contributed by atoms with van der Waals surface area (Å²) >= 11 is 0. The Morgan fingerprint density at radius 1 is 0.672 bits per heavy atom. The zero-order valence-electron chi connectivity index (χ0n) is 41.2. The van der Waals surface area contributed by atoms with Crippen molar-refractivity contribution >= 4 is 35.3 Å². The Hall–Kier alpha value is -5.53. The average Bonchev–Trinajstić information content (AvgIpc) is 3.91. The van der Waals surface area contributed by atoms with Crippen LogP contribution in [0.5, 0.6) is 0 Å². The molecule has 1 aliphatic heterocycles. The Kier molecular flexibility index (Phi) is 15.1. The van der Waals surface area contributed by atoms with Crippen molar-refractivity contribution in [3.05, 3.63) is 72.3 Å². The predicted octanol–water partition coefficient (Wildman–Crippen LogP) is 10.0. The van der Waals surface area contributed by atoms with Gasteiger partial charge in [-0.15, -0.1) is 0 Å². The molecule has 1 aromatic heterocycles. The first-order chi connectivity index (χ1) is 29.4. The quantitative estimate of drug-likeness (QED) is 0.137. The summed E-state index contributed by atoms with van der Waals surface area (Å²) in [4.78, 5) is 69.0. The van der Waals surface area contributed by atoms with Crippen molar-refractivity contribution in [2.24, 2.45) is 26.7 Å². The van der Waals surface area contributed by atoms with Crippen LogP contribution in [0.2, 0.25) is 0 Å². The first-order valence-corrected chi connectivity index (χ1v) is 21.9. The van der Waals surface area contributed by atoms with Crippen LogP contribution in [0.15, 0.2) is 65.9 Å². The summed E-state index contributed by atoms with van der Waals surface area (Å²) in [6, 6.07) is 15.3. The summed E-state index contributed by atoms with van der Waals surface area (Å²) in [7, 11) is 6.20. The molecule has 0 bridgehead atoms. The minimum Gasteiger partial charge on any atom is -0.432 e. The van der Waals surface area contributed by atoms with Crippen molar-refractivity contribution in [1.82, 2.24) is 30.4 Å². The molecule has 0 fully saturated rings. The van der Waals surface area contributed by atoms with Crippen LogP contribution in [0.1, 0.15) is 120 Å². The van der Waals surface area contributed by atoms with E-state index in [1.165, 1.54) is 30.8 Å². The maximum atomic E-state index is 14.4. The van der Waals surface area contributed by atoms with E-state index in [0.29, 0.717) is 18.7 Å². The third kappa shape index (κ3) is 10.9. The minimum atomic E-state index is -1.82. The lowest BCUT2D eigenvalue weighted by Gasteiger charge is -2.43. The number of carbonyl (C=O) groups excluding carboxylic acids is 4. The molecular formula is C50H72FN7O6. The van der Waals surface area contributed by atoms with Crippen LogP contribution in [0.4, 0.5) is 14.0 Å². The van der Waals surface area contributed by atoms with Gasteiger partial charge in [0.15, 0.2) is 11.2 Å². The number of aliphatic imine (C=N–C) groups is 1. The van der Waals surface area contributed by atoms with Crippen molar-refractivity contribution in [2.75, 3.05) is 34.9 Å². The van der Waals surface area contributed by atoms with Crippen LogP contribution >= 0.6 is 0 Å². The Labute approximate surface area is 380 Å². The summed E-state index contributed by atoms with van der Waals surface area (Å²) in [5.74, 6) is -0.491. The molecule has 4 amide bonds. The predicted molar refractivity (Wildman–Crippen MR) is 252 cm³/mol. The largest absolute Gasteiger partial charge is 0.432 e. The first-order valence-electron chi connectivity index (χ1n) is 21.9. The number of ether oxygens (including phenoxy) is 2. The SMILES string of the molecule is CCC(C)(C)[C@@](C)(OC(=O)N(C)C)C(=O)N[C@H](C1=NC=C(c2ccc(-c3ccc(-c4cnc([C@@H](NC(=O)[C@](C)(OC(=O)N(C)C)C(C)(C)CF)C(C)(C)C)[nH]4)cc3)cc2)C1)C(C)(C)C. The Bertz CT molecular complexity index is 2230. The van der Waals surface area contributed by atoms with E-state index in [-0.39, 0.29) is 5.91 Å². The molecule has 2 aromatic carbocycles. The lowest BCUT2D eigenvalue weighted by Crippen LogP contribution is -2.62. The highest BCUT2D eigenvalue weighted by Gasteiger charge is 2.53. The molecule has 0 unspecified atom stereocenters. The smallest absolute Gasteiger partial charge is 0.410 e. The van der Waals surface area contributed by atoms with Crippen LogP contribution in [0, 0.1) is 21.7 Å². The molecule has 2 heterocycles. The van der Waals surface area contributed by atoms with Gasteiger partial charge >= 0.3 is 12.2 Å². The van der Waals surface area contributed by atoms with E-state index in [2.05, 4.69) is 65.6 Å². The van der Waals surface area contributed by atoms with Crippen molar-refractivity contribution in [3.63, 3.8) is 0 Å². The van der Waals surface area contributed by atoms with E-state index >= 15 is 0 Å². The molecule has 0 radical (unpaired) electrons. The van der Waals surface area contributed by atoms with E-state index in [1.54, 1.807) is 41.1 Å². The van der Waals surface area contributed by atoms with Gasteiger partial charge in [0.25, 0.3) is 11.8 Å². The molecule has 4 rings (SSSR count). The highest BCUT2D eigenvalue weighted by molar-refractivity contribution is 6.04. The molecule has 0 spiro atoms. The van der Waals surface area contributed by atoms with E-state index in [1.807, 2.05) is 72.0 Å². The average molecular weight is 886 g/mol. The number of carbonyl (C=O) groups is 4. The lowest BCUT2D eigenvalue weighted by molar-refractivity contribution is -0.155. The van der Waals surface area contributed by atoms with Crippen LogP contribution in [-0.2, 0) is 19.1 Å². The molecule has 1 aliphatic rings. The van der Waals surface area contributed by atoms with Gasteiger partial charge in [0.2, 0.25) is 0 Å². The number of allylic oxidation sites excluding steroid dienone is 1. The van der Waals surface area contributed by atoms with Crippen LogP contribution in [-0.4, -0.2) is 102 Å². The summed E-state index contributed by atoms with van der Waals surface area (Å²) < 4.78 is 25.9. The van der Waals surface area contributed by atoms with Gasteiger partial charge in [-0.2, -0.15) is 0 Å². The number of aromatic nitrogens is 2. The van der Waals surface area contributed by atoms with E-state index in [4.69, 9.17) is 14.5 Å². The first kappa shape index (κ1) is 51.1. The second kappa shape index (κ2) is 18.9. The molecular weight excluding hydrogens is 814 g/mol. The maximum Gasteiger partial charge on any atom is 0.410 e. The molecule has 4 atom stereocenters. The van der Waals surface area contributed by atoms with Crippen LogP contribution < -0.4 is 10.6 Å². The van der Waals surface area contributed by atoms with Gasteiger partial charge in [0, 0.05) is 57.4 Å². The minimum absolute atomic E-state index is 0.365. The number of nitrogens with one attached hydrogen (secondary N) is 3. The molecule has 13 nitrogen and oxygen atoms in total. The fourth-order valence-corrected chi connectivity index (χ4v) is 7.16. The number of imidazole rings is 1. The van der Waals surface area contributed by atoms with Gasteiger partial charge in [0.05, 0.1) is 30.6 Å². The molecule has 3 aromatic rings. The fraction of sp³-hybridized carbons (Fsp3) is 0.560. The third-order valence-electron chi connectivity index (χ3n) is 13.0. The van der Waals surface area contributed by atoms with Gasteiger partial charge in [-0.25, -0.2) is 14.6 Å². The summed E-state index contributed by atoms with van der Waals surface area (Å²) in [5, 5.41) is 6.26. The van der Waals surface area contributed by atoms with E-state index < -0.39 is 69.7 Å². The molecule has 0 aliphatic carbocycles. The second-order valence-electron chi connectivity index (χ2n) is 21.2. The number of amides is 4. The fourth-order valence-electron chi connectivity index (χ4n) is 7.16. The topological polar surface area (TPSA) is 158 Å². The van der Waals surface area contributed by atoms with Crippen molar-refractivity contribution in [2.45, 2.75) is 126 Å². The zero-order chi connectivity index (χ0) is 48.4. The molecule has 350 valence electrons. The lowest BCUT2D eigenvalue weighted by atomic mass is 9.72. The number of alkyl halides is 1. The second-order valence-corrected chi connectivity index (χ2v) is 21.2. The van der Waals surface area contributed by atoms with Gasteiger partial charge in [-0.3, -0.25) is 19.0 Å². The normalized spacial score (nSPS) is 16.3. The van der Waals surface area contributed by atoms with E-state index in [9.17, 15) is 23.6 Å². The standard InChI is InChI=1S/C50H72FN7O6/c1-18-47(8,9)49(12,63-43(61)57(14)15)41(59)55-38(45(2,3)4)36-27-35(28-52-36)33-21-19-31(20-22-33)32-23-25-34(26-24-32)37-29-53-40(54-37)39(46(5,6)7)56-42(60)50(13,48(10,11)30-51)64-44(62)58(16)17/h19-26,28-29,38-39H,18,27,30H2,1-17H3,(H,53,54)(H,55,59)(H,56,60)/t38-,39-,49+,50+/m1/s1. The monoisotopic (exact) mass is 886 g/mol. The zero-order valence-corrected chi connectivity index (χ0v) is 41.2. The van der Waals surface area contributed by atoms with E-state index in [0.717, 1.165) is 39.2 Å². The number of aromatic amines is 1. The molecule has 3 N–H and O–H groups in total. The van der Waals surface area contributed by atoms with Gasteiger partial charge in [0.1, 0.15) is 5.82 Å². The molecule has 14 heteroatoms. The third-order valence-corrected chi connectivity index (χ3v) is 13.0. The number of nitrogens with zero attached hydrogens (tertiary/aromatic N) is 4. The number of H-pyrrole nitrogens is 1. The molecule has 64 heavy (non-hydrogen) atoms. The number of hydrogen-bond donors (Lipinski definition) is 3. The molecule has 0 saturated heterocycles. The highest BCUT2D eigenvalue weighted by Crippen LogP contribution is 2.41. The number of hydrogen-bond acceptors (Lipinski definition) is 8. The van der Waals surface area contributed by atoms with Crippen LogP contribution in [0.3, 0.4) is 0 Å². The van der Waals surface area contributed by atoms with Gasteiger partial charge in [-0.1, -0.05) is 125 Å². The van der Waals surface area contributed by atoms with Gasteiger partial charge < -0.3 is 34.9 Å².